The van der Waals surface area contributed by atoms with E-state index in [0.717, 1.165) is 31.2 Å². The summed E-state index contributed by atoms with van der Waals surface area (Å²) < 4.78 is 50.8. The molecule has 0 amide bonds. The van der Waals surface area contributed by atoms with Gasteiger partial charge < -0.3 is 19.0 Å². The molecule has 9 heteroatoms. The van der Waals surface area contributed by atoms with Crippen LogP contribution >= 0.6 is 0 Å². The van der Waals surface area contributed by atoms with Crippen molar-refractivity contribution in [2.24, 2.45) is 0 Å². The molecule has 7 nitrogen and oxygen atoms in total. The first-order valence-corrected chi connectivity index (χ1v) is 18.1. The average molecular weight is 555 g/mol. The number of benzene rings is 1. The van der Waals surface area contributed by atoms with Crippen LogP contribution in [-0.2, 0) is 28.2 Å². The zero-order chi connectivity index (χ0) is 27.2. The number of hydrogen-bond donors (Lipinski definition) is 1. The summed E-state index contributed by atoms with van der Waals surface area (Å²) in [5, 5.41) is 12.7. The summed E-state index contributed by atoms with van der Waals surface area (Å²) in [5.41, 5.74) is -1.72. The van der Waals surface area contributed by atoms with Crippen molar-refractivity contribution in [2.75, 3.05) is 19.8 Å². The molecule has 1 aromatic carbocycles. The molecule has 0 unspecified atom stereocenters. The third kappa shape index (κ3) is 5.22. The van der Waals surface area contributed by atoms with Gasteiger partial charge in [0.15, 0.2) is 8.32 Å². The number of ether oxygens (including phenoxy) is 2. The van der Waals surface area contributed by atoms with Crippen molar-refractivity contribution >= 4 is 18.4 Å². The molecule has 3 aliphatic rings. The number of rotatable bonds is 8. The van der Waals surface area contributed by atoms with E-state index < -0.39 is 41.3 Å². The van der Waals surface area contributed by atoms with E-state index in [1.807, 2.05) is 6.92 Å². The van der Waals surface area contributed by atoms with Gasteiger partial charge >= 0.3 is 0 Å². The minimum Gasteiger partial charge on any atom is -0.411 e. The van der Waals surface area contributed by atoms with Crippen LogP contribution in [0, 0.1) is 6.92 Å². The summed E-state index contributed by atoms with van der Waals surface area (Å²) in [7, 11) is -6.08. The van der Waals surface area contributed by atoms with E-state index in [1.165, 1.54) is 0 Å². The Bertz CT molecular complexity index is 1040. The molecule has 1 N–H and O–H groups in total. The van der Waals surface area contributed by atoms with E-state index in [-0.39, 0.29) is 16.5 Å². The lowest BCUT2D eigenvalue weighted by atomic mass is 9.58. The first-order chi connectivity index (χ1) is 17.2. The Morgan fingerprint density at radius 2 is 1.70 bits per heavy atom. The maximum absolute atomic E-state index is 12.7. The highest BCUT2D eigenvalue weighted by Gasteiger charge is 2.71. The van der Waals surface area contributed by atoms with Crippen molar-refractivity contribution in [3.8, 4) is 0 Å². The van der Waals surface area contributed by atoms with Gasteiger partial charge in [-0.25, -0.2) is 0 Å². The van der Waals surface area contributed by atoms with E-state index in [1.54, 1.807) is 24.3 Å². The van der Waals surface area contributed by atoms with Gasteiger partial charge in [0.25, 0.3) is 10.1 Å². The quantitative estimate of drug-likeness (QED) is 0.258. The molecule has 2 heterocycles. The van der Waals surface area contributed by atoms with Gasteiger partial charge in [-0.15, -0.1) is 0 Å². The maximum atomic E-state index is 12.7. The lowest BCUT2D eigenvalue weighted by molar-refractivity contribution is -0.302. The van der Waals surface area contributed by atoms with E-state index in [4.69, 9.17) is 18.1 Å². The lowest BCUT2D eigenvalue weighted by Crippen LogP contribution is -2.75. The van der Waals surface area contributed by atoms with Crippen molar-refractivity contribution < 1.29 is 31.6 Å². The molecule has 0 aromatic heterocycles. The van der Waals surface area contributed by atoms with Crippen molar-refractivity contribution in [1.29, 1.82) is 0 Å². The highest BCUT2D eigenvalue weighted by atomic mass is 32.2. The Labute approximate surface area is 224 Å². The van der Waals surface area contributed by atoms with Gasteiger partial charge in [-0.05, 0) is 88.6 Å². The first-order valence-electron chi connectivity index (χ1n) is 13.8. The van der Waals surface area contributed by atoms with E-state index in [2.05, 4.69) is 33.9 Å². The Kier molecular flexibility index (Phi) is 8.12. The van der Waals surface area contributed by atoms with Crippen molar-refractivity contribution in [3.05, 3.63) is 29.8 Å². The Morgan fingerprint density at radius 1 is 1.05 bits per heavy atom. The molecule has 1 saturated carbocycles. The van der Waals surface area contributed by atoms with Crippen molar-refractivity contribution in [3.63, 3.8) is 0 Å². The second-order valence-electron chi connectivity index (χ2n) is 12.7. The van der Waals surface area contributed by atoms with Gasteiger partial charge in [-0.3, -0.25) is 4.18 Å². The van der Waals surface area contributed by atoms with Crippen molar-refractivity contribution in [2.45, 2.75) is 125 Å². The van der Waals surface area contributed by atoms with Crippen LogP contribution in [0.5, 0.6) is 0 Å². The fourth-order valence-electron chi connectivity index (χ4n) is 6.35. The molecule has 2 spiro atoms. The molecule has 210 valence electrons. The molecule has 0 bridgehead atoms. The third-order valence-corrected chi connectivity index (χ3v) is 15.2. The Hall–Kier alpha value is -0.813. The molecular weight excluding hydrogens is 508 g/mol. The summed E-state index contributed by atoms with van der Waals surface area (Å²) in [6.07, 6.45) is 5.15. The summed E-state index contributed by atoms with van der Waals surface area (Å²) >= 11 is 0. The minimum atomic E-state index is -3.87. The summed E-state index contributed by atoms with van der Waals surface area (Å²) in [4.78, 5) is 0.141. The number of fused-ring (bicyclic) bond motifs is 1. The molecule has 1 aromatic rings. The van der Waals surface area contributed by atoms with E-state index >= 15 is 0 Å². The Morgan fingerprint density at radius 3 is 2.27 bits per heavy atom. The smallest absolute Gasteiger partial charge is 0.296 e. The topological polar surface area (TPSA) is 91.3 Å². The van der Waals surface area contributed by atoms with Crippen LogP contribution in [0.2, 0.25) is 18.1 Å². The predicted molar refractivity (Wildman–Crippen MR) is 146 cm³/mol. The number of aliphatic hydroxyl groups is 1. The molecule has 37 heavy (non-hydrogen) atoms. The molecule has 1 aliphatic carbocycles. The highest BCUT2D eigenvalue weighted by Crippen LogP contribution is 2.59. The Balaban J connectivity index is 1.58. The second-order valence-corrected chi connectivity index (χ2v) is 19.1. The maximum Gasteiger partial charge on any atom is 0.296 e. The molecule has 4 atom stereocenters. The number of hydrogen-bond acceptors (Lipinski definition) is 7. The monoisotopic (exact) mass is 554 g/mol. The standard InChI is InChI=1S/C28H46O7SSi/c1-22-10-12-23(13-11-22)36(30,31)34-21-8-16-27(29)24(35-37(5,6)25(2,3)4)14-18-26(15-7-19-32-26)28(27)17-9-20-33-28/h10-13,24,29H,7-9,14-21H2,1-6H3/t24-,26-,27+,28-/m0/s1. The van der Waals surface area contributed by atoms with E-state index in [0.29, 0.717) is 38.9 Å². The lowest BCUT2D eigenvalue weighted by Gasteiger charge is -2.61. The zero-order valence-electron chi connectivity index (χ0n) is 23.5. The van der Waals surface area contributed by atoms with Crippen LogP contribution in [0.4, 0.5) is 0 Å². The first kappa shape index (κ1) is 29.2. The molecule has 0 radical (unpaired) electrons. The zero-order valence-corrected chi connectivity index (χ0v) is 25.3. The molecular formula is C28H46O7SSi. The van der Waals surface area contributed by atoms with Crippen LogP contribution in [-0.4, -0.2) is 64.6 Å². The summed E-state index contributed by atoms with van der Waals surface area (Å²) in [5.74, 6) is 0. The minimum absolute atomic E-state index is 0.0121. The number of aryl methyl sites for hydroxylation is 1. The molecule has 2 aliphatic heterocycles. The van der Waals surface area contributed by atoms with Gasteiger partial charge in [0, 0.05) is 13.2 Å². The van der Waals surface area contributed by atoms with Gasteiger partial charge in [0.1, 0.15) is 16.8 Å². The van der Waals surface area contributed by atoms with Crippen LogP contribution in [0.25, 0.3) is 0 Å². The average Bonchev–Trinajstić information content (AvgIpc) is 3.49. The van der Waals surface area contributed by atoms with Gasteiger partial charge in [-0.2, -0.15) is 8.42 Å². The van der Waals surface area contributed by atoms with Crippen LogP contribution in [0.15, 0.2) is 29.2 Å². The van der Waals surface area contributed by atoms with Crippen LogP contribution in [0.3, 0.4) is 0 Å². The predicted octanol–water partition coefficient (Wildman–Crippen LogP) is 5.49. The van der Waals surface area contributed by atoms with Crippen LogP contribution < -0.4 is 0 Å². The molecule has 4 rings (SSSR count). The normalized spacial score (nSPS) is 33.0. The fourth-order valence-corrected chi connectivity index (χ4v) is 8.67. The second kappa shape index (κ2) is 10.3. The fraction of sp³-hybridized carbons (Fsp3) is 0.786. The summed E-state index contributed by atoms with van der Waals surface area (Å²) in [6.45, 7) is 14.2. The van der Waals surface area contributed by atoms with E-state index in [9.17, 15) is 13.5 Å². The van der Waals surface area contributed by atoms with Gasteiger partial charge in [0.05, 0.1) is 17.6 Å². The summed E-state index contributed by atoms with van der Waals surface area (Å²) in [6, 6.07) is 6.63. The van der Waals surface area contributed by atoms with Crippen LogP contribution in [0.1, 0.15) is 77.7 Å². The van der Waals surface area contributed by atoms with Gasteiger partial charge in [-0.1, -0.05) is 38.5 Å². The highest BCUT2D eigenvalue weighted by molar-refractivity contribution is 7.86. The molecule has 3 fully saturated rings. The van der Waals surface area contributed by atoms with Gasteiger partial charge in [0.2, 0.25) is 0 Å². The SMILES string of the molecule is Cc1ccc(S(=O)(=O)OCCC[C@@]2(O)[C@@H](O[Si](C)(C)C(C)(C)C)CC[C@@]3(CCCO3)[C@@]23CCCO3)cc1. The van der Waals surface area contributed by atoms with Crippen molar-refractivity contribution in [1.82, 2.24) is 0 Å². The third-order valence-electron chi connectivity index (χ3n) is 9.40. The molecule has 2 saturated heterocycles. The largest absolute Gasteiger partial charge is 0.411 e.